The maximum Gasteiger partial charge on any atom is 0.187 e. The minimum Gasteiger partial charge on any atom is -0.350 e. The predicted octanol–water partition coefficient (Wildman–Crippen LogP) is 4.11. The predicted molar refractivity (Wildman–Crippen MR) is 105 cm³/mol. The molecule has 132 valence electrons. The van der Waals surface area contributed by atoms with E-state index in [9.17, 15) is 5.26 Å². The summed E-state index contributed by atoms with van der Waals surface area (Å²) in [6.07, 6.45) is 0. The zero-order valence-corrected chi connectivity index (χ0v) is 15.1. The number of hydrogen-bond donors (Lipinski definition) is 1. The number of rotatable bonds is 4. The van der Waals surface area contributed by atoms with Gasteiger partial charge in [0.1, 0.15) is 6.07 Å². The third-order valence-corrected chi connectivity index (χ3v) is 4.58. The molecule has 0 fully saturated rings. The van der Waals surface area contributed by atoms with Crippen molar-refractivity contribution >= 4 is 22.3 Å². The first-order valence-corrected chi connectivity index (χ1v) is 8.68. The summed E-state index contributed by atoms with van der Waals surface area (Å²) in [6, 6.07) is 20.0. The van der Waals surface area contributed by atoms with Gasteiger partial charge in [-0.3, -0.25) is 4.68 Å². The summed E-state index contributed by atoms with van der Waals surface area (Å²) in [6.45, 7) is 4.67. The molecule has 0 amide bonds. The Bertz CT molecular complexity index is 1150. The molecule has 0 bridgehead atoms. The lowest BCUT2D eigenvalue weighted by Crippen LogP contribution is -2.05. The summed E-state index contributed by atoms with van der Waals surface area (Å²) in [5.74, 6) is 0. The number of nitriles is 1. The summed E-state index contributed by atoms with van der Waals surface area (Å²) in [7, 11) is 0. The van der Waals surface area contributed by atoms with Gasteiger partial charge in [-0.05, 0) is 25.5 Å². The Morgan fingerprint density at radius 2 is 1.70 bits per heavy atom. The first-order valence-electron chi connectivity index (χ1n) is 8.68. The van der Waals surface area contributed by atoms with Crippen molar-refractivity contribution in [1.82, 2.24) is 20.0 Å². The molecule has 6 nitrogen and oxygen atoms in total. The molecule has 27 heavy (non-hydrogen) atoms. The van der Waals surface area contributed by atoms with E-state index in [1.54, 1.807) is 0 Å². The Morgan fingerprint density at radius 1 is 0.963 bits per heavy atom. The van der Waals surface area contributed by atoms with Gasteiger partial charge in [0.25, 0.3) is 0 Å². The van der Waals surface area contributed by atoms with Crippen LogP contribution in [0.15, 0.2) is 54.6 Å². The van der Waals surface area contributed by atoms with Crippen molar-refractivity contribution in [2.45, 2.75) is 20.4 Å². The lowest BCUT2D eigenvalue weighted by molar-refractivity contribution is 0.659. The number of aromatic nitrogens is 4. The van der Waals surface area contributed by atoms with Crippen LogP contribution in [0.3, 0.4) is 0 Å². The SMILES string of the molecule is Cc1nn(Cc2ccccc2)c(C)c1Nc1c(C#N)nnc2ccccc12. The van der Waals surface area contributed by atoms with Crippen LogP contribution < -0.4 is 5.32 Å². The van der Waals surface area contributed by atoms with Gasteiger partial charge in [0.05, 0.1) is 34.8 Å². The van der Waals surface area contributed by atoms with Crippen LogP contribution in [0.25, 0.3) is 10.9 Å². The Balaban J connectivity index is 1.76. The fourth-order valence-electron chi connectivity index (χ4n) is 3.17. The van der Waals surface area contributed by atoms with Crippen LogP contribution in [0.1, 0.15) is 22.6 Å². The highest BCUT2D eigenvalue weighted by Crippen LogP contribution is 2.30. The van der Waals surface area contributed by atoms with Gasteiger partial charge >= 0.3 is 0 Å². The zero-order chi connectivity index (χ0) is 18.8. The average molecular weight is 354 g/mol. The molecule has 2 aromatic carbocycles. The Hall–Kier alpha value is -3.72. The van der Waals surface area contributed by atoms with Crippen LogP contribution in [0.4, 0.5) is 11.4 Å². The fraction of sp³-hybridized carbons (Fsp3) is 0.143. The number of aryl methyl sites for hydroxylation is 1. The second-order valence-electron chi connectivity index (χ2n) is 6.37. The number of nitrogens with zero attached hydrogens (tertiary/aromatic N) is 5. The number of fused-ring (bicyclic) bond motifs is 1. The first kappa shape index (κ1) is 16.7. The van der Waals surface area contributed by atoms with E-state index in [-0.39, 0.29) is 5.69 Å². The van der Waals surface area contributed by atoms with E-state index in [4.69, 9.17) is 0 Å². The molecular formula is C21H18N6. The van der Waals surface area contributed by atoms with Crippen LogP contribution in [0.5, 0.6) is 0 Å². The van der Waals surface area contributed by atoms with E-state index in [0.29, 0.717) is 12.2 Å². The Labute approximate surface area is 157 Å². The molecule has 2 heterocycles. The van der Waals surface area contributed by atoms with Crippen molar-refractivity contribution in [2.75, 3.05) is 5.32 Å². The largest absolute Gasteiger partial charge is 0.350 e. The number of nitrogens with one attached hydrogen (secondary N) is 1. The molecule has 6 heteroatoms. The second-order valence-corrected chi connectivity index (χ2v) is 6.37. The van der Waals surface area contributed by atoms with Gasteiger partial charge in [-0.15, -0.1) is 10.2 Å². The van der Waals surface area contributed by atoms with Crippen molar-refractivity contribution in [2.24, 2.45) is 0 Å². The van der Waals surface area contributed by atoms with Gasteiger partial charge in [-0.1, -0.05) is 48.5 Å². The van der Waals surface area contributed by atoms with E-state index >= 15 is 0 Å². The van der Waals surface area contributed by atoms with Crippen molar-refractivity contribution in [3.8, 4) is 6.07 Å². The fourth-order valence-corrected chi connectivity index (χ4v) is 3.17. The smallest absolute Gasteiger partial charge is 0.187 e. The zero-order valence-electron chi connectivity index (χ0n) is 15.1. The van der Waals surface area contributed by atoms with E-state index in [1.165, 1.54) is 5.56 Å². The molecule has 0 aliphatic heterocycles. The summed E-state index contributed by atoms with van der Waals surface area (Å²) in [5, 5.41) is 26.6. The second kappa shape index (κ2) is 6.89. The molecule has 0 aliphatic carbocycles. The Kier molecular flexibility index (Phi) is 4.27. The van der Waals surface area contributed by atoms with Crippen LogP contribution in [-0.4, -0.2) is 20.0 Å². The quantitative estimate of drug-likeness (QED) is 0.597. The van der Waals surface area contributed by atoms with Gasteiger partial charge in [0.15, 0.2) is 5.69 Å². The highest BCUT2D eigenvalue weighted by Gasteiger charge is 2.16. The molecule has 0 aliphatic rings. The molecule has 4 aromatic rings. The van der Waals surface area contributed by atoms with Gasteiger partial charge in [-0.2, -0.15) is 10.4 Å². The van der Waals surface area contributed by atoms with Crippen LogP contribution in [-0.2, 0) is 6.54 Å². The van der Waals surface area contributed by atoms with Gasteiger partial charge in [0, 0.05) is 5.39 Å². The molecule has 4 rings (SSSR count). The number of anilines is 2. The van der Waals surface area contributed by atoms with Crippen molar-refractivity contribution < 1.29 is 0 Å². The Morgan fingerprint density at radius 3 is 2.48 bits per heavy atom. The van der Waals surface area contributed by atoms with E-state index in [0.717, 1.165) is 28.0 Å². The molecule has 0 atom stereocenters. The van der Waals surface area contributed by atoms with Crippen molar-refractivity contribution in [1.29, 1.82) is 5.26 Å². The molecule has 0 saturated heterocycles. The van der Waals surface area contributed by atoms with Gasteiger partial charge < -0.3 is 5.32 Å². The highest BCUT2D eigenvalue weighted by molar-refractivity contribution is 5.95. The minimum absolute atomic E-state index is 0.267. The van der Waals surface area contributed by atoms with Gasteiger partial charge in [-0.25, -0.2) is 0 Å². The van der Waals surface area contributed by atoms with Crippen LogP contribution in [0.2, 0.25) is 0 Å². The number of benzene rings is 2. The van der Waals surface area contributed by atoms with E-state index < -0.39 is 0 Å². The lowest BCUT2D eigenvalue weighted by atomic mass is 10.1. The summed E-state index contributed by atoms with van der Waals surface area (Å²) >= 11 is 0. The summed E-state index contributed by atoms with van der Waals surface area (Å²) < 4.78 is 1.97. The van der Waals surface area contributed by atoms with Crippen molar-refractivity contribution in [3.05, 3.63) is 77.2 Å². The third-order valence-electron chi connectivity index (χ3n) is 4.58. The molecule has 0 spiro atoms. The molecule has 1 N–H and O–H groups in total. The minimum atomic E-state index is 0.267. The first-order chi connectivity index (χ1) is 13.2. The molecular weight excluding hydrogens is 336 g/mol. The third kappa shape index (κ3) is 3.11. The molecule has 0 radical (unpaired) electrons. The van der Waals surface area contributed by atoms with Gasteiger partial charge in [0.2, 0.25) is 0 Å². The van der Waals surface area contributed by atoms with Crippen LogP contribution >= 0.6 is 0 Å². The van der Waals surface area contributed by atoms with E-state index in [1.807, 2.05) is 61.0 Å². The highest BCUT2D eigenvalue weighted by atomic mass is 15.3. The topological polar surface area (TPSA) is 79.4 Å². The normalized spacial score (nSPS) is 10.7. The molecule has 0 saturated carbocycles. The van der Waals surface area contributed by atoms with Crippen LogP contribution in [0, 0.1) is 25.2 Å². The standard InChI is InChI=1S/C21H18N6/c1-14-20(15(2)27(26-14)13-16-8-4-3-5-9-16)23-21-17-10-6-7-11-18(17)24-25-19(21)12-22/h3-11H,13H2,1-2H3,(H,23,24). The van der Waals surface area contributed by atoms with E-state index in [2.05, 4.69) is 38.8 Å². The lowest BCUT2D eigenvalue weighted by Gasteiger charge is -2.11. The molecule has 2 aromatic heterocycles. The van der Waals surface area contributed by atoms with Crippen molar-refractivity contribution in [3.63, 3.8) is 0 Å². The summed E-state index contributed by atoms with van der Waals surface area (Å²) in [4.78, 5) is 0. The summed E-state index contributed by atoms with van der Waals surface area (Å²) in [5.41, 5.74) is 5.61. The average Bonchev–Trinajstić information content (AvgIpc) is 2.96. The molecule has 0 unspecified atom stereocenters. The monoisotopic (exact) mass is 354 g/mol. The maximum atomic E-state index is 9.48. The number of hydrogen-bond acceptors (Lipinski definition) is 5. The maximum absolute atomic E-state index is 9.48.